The number of nitrogens with one attached hydrogen (secondary N) is 1. The van der Waals surface area contributed by atoms with Gasteiger partial charge in [0.15, 0.2) is 0 Å². The number of piperidine rings is 1. The smallest absolute Gasteiger partial charge is 0.273 e. The van der Waals surface area contributed by atoms with E-state index in [9.17, 15) is 10.1 Å². The molecule has 1 aromatic rings. The minimum atomic E-state index is -0.401. The molecule has 0 amide bonds. The van der Waals surface area contributed by atoms with Crippen LogP contribution in [0.25, 0.3) is 0 Å². The van der Waals surface area contributed by atoms with E-state index in [1.807, 2.05) is 6.07 Å². The van der Waals surface area contributed by atoms with Gasteiger partial charge in [0.05, 0.1) is 10.6 Å². The summed E-state index contributed by atoms with van der Waals surface area (Å²) >= 11 is 0. The Hall–Kier alpha value is -1.86. The van der Waals surface area contributed by atoms with Crippen molar-refractivity contribution in [3.63, 3.8) is 0 Å². The maximum absolute atomic E-state index is 10.9. The largest absolute Gasteiger partial charge is 0.384 e. The van der Waals surface area contributed by atoms with Crippen LogP contribution in [0, 0.1) is 16.0 Å². The lowest BCUT2D eigenvalue weighted by molar-refractivity contribution is -0.384. The van der Waals surface area contributed by atoms with Gasteiger partial charge in [0.1, 0.15) is 0 Å². The lowest BCUT2D eigenvalue weighted by Crippen LogP contribution is -2.35. The summed E-state index contributed by atoms with van der Waals surface area (Å²) < 4.78 is 5.17. The summed E-state index contributed by atoms with van der Waals surface area (Å²) in [5, 5.41) is 10.9. The minimum absolute atomic E-state index is 0.0504. The molecule has 0 saturated carbocycles. The van der Waals surface area contributed by atoms with Crippen LogP contribution in [-0.2, 0) is 4.74 Å². The standard InChI is InChI=1S/C13H20N4O3/c1-20-9-10-2-4-16(5-3-10)12-6-11(15-14)7-13(8-12)17(18)19/h6-8,10,15H,2-5,9,14H2,1H3. The summed E-state index contributed by atoms with van der Waals surface area (Å²) in [7, 11) is 1.71. The number of nitrogens with two attached hydrogens (primary N) is 1. The number of nitro benzene ring substituents is 1. The third-order valence-electron chi connectivity index (χ3n) is 3.66. The van der Waals surface area contributed by atoms with E-state index >= 15 is 0 Å². The zero-order chi connectivity index (χ0) is 14.5. The highest BCUT2D eigenvalue weighted by atomic mass is 16.6. The molecule has 7 heteroatoms. The number of ether oxygens (including phenoxy) is 1. The first-order valence-corrected chi connectivity index (χ1v) is 6.64. The van der Waals surface area contributed by atoms with E-state index in [-0.39, 0.29) is 5.69 Å². The molecule has 1 aliphatic heterocycles. The van der Waals surface area contributed by atoms with Gasteiger partial charge in [-0.1, -0.05) is 0 Å². The lowest BCUT2D eigenvalue weighted by atomic mass is 9.97. The van der Waals surface area contributed by atoms with Gasteiger partial charge >= 0.3 is 0 Å². The highest BCUT2D eigenvalue weighted by molar-refractivity contribution is 5.64. The Bertz CT molecular complexity index is 473. The van der Waals surface area contributed by atoms with Crippen LogP contribution in [0.4, 0.5) is 17.1 Å². The van der Waals surface area contributed by atoms with E-state index in [1.54, 1.807) is 13.2 Å². The van der Waals surface area contributed by atoms with Crippen LogP contribution < -0.4 is 16.2 Å². The second-order valence-electron chi connectivity index (χ2n) is 5.03. The molecule has 0 spiro atoms. The van der Waals surface area contributed by atoms with Gasteiger partial charge in [-0.2, -0.15) is 0 Å². The third kappa shape index (κ3) is 3.37. The van der Waals surface area contributed by atoms with Crippen molar-refractivity contribution in [2.45, 2.75) is 12.8 Å². The summed E-state index contributed by atoms with van der Waals surface area (Å²) in [5.41, 5.74) is 3.92. The molecular weight excluding hydrogens is 260 g/mol. The zero-order valence-electron chi connectivity index (χ0n) is 11.5. The molecule has 0 atom stereocenters. The van der Waals surface area contributed by atoms with Gasteiger partial charge in [0.2, 0.25) is 0 Å². The molecule has 0 radical (unpaired) electrons. The van der Waals surface area contributed by atoms with Crippen molar-refractivity contribution in [1.82, 2.24) is 0 Å². The van der Waals surface area contributed by atoms with E-state index in [2.05, 4.69) is 10.3 Å². The highest BCUT2D eigenvalue weighted by Crippen LogP contribution is 2.29. The van der Waals surface area contributed by atoms with Crippen molar-refractivity contribution in [1.29, 1.82) is 0 Å². The normalized spacial score (nSPS) is 16.2. The third-order valence-corrected chi connectivity index (χ3v) is 3.66. The van der Waals surface area contributed by atoms with Crippen LogP contribution in [-0.4, -0.2) is 31.7 Å². The molecule has 1 fully saturated rings. The summed E-state index contributed by atoms with van der Waals surface area (Å²) in [6.45, 7) is 2.52. The molecule has 1 saturated heterocycles. The Morgan fingerprint density at radius 3 is 2.70 bits per heavy atom. The van der Waals surface area contributed by atoms with Crippen LogP contribution in [0.5, 0.6) is 0 Å². The molecular formula is C13H20N4O3. The number of hydrogen-bond acceptors (Lipinski definition) is 6. The minimum Gasteiger partial charge on any atom is -0.384 e. The maximum Gasteiger partial charge on any atom is 0.273 e. The van der Waals surface area contributed by atoms with Gasteiger partial charge in [-0.15, -0.1) is 0 Å². The van der Waals surface area contributed by atoms with Crippen LogP contribution in [0.15, 0.2) is 18.2 Å². The molecule has 0 aliphatic carbocycles. The number of nitro groups is 1. The number of non-ortho nitro benzene ring substituents is 1. The summed E-state index contributed by atoms with van der Waals surface area (Å²) in [5.74, 6) is 5.94. The Morgan fingerprint density at radius 1 is 1.45 bits per heavy atom. The van der Waals surface area contributed by atoms with E-state index in [1.165, 1.54) is 6.07 Å². The van der Waals surface area contributed by atoms with Gasteiger partial charge in [-0.05, 0) is 24.8 Å². The van der Waals surface area contributed by atoms with Crippen LogP contribution in [0.3, 0.4) is 0 Å². The zero-order valence-corrected chi connectivity index (χ0v) is 11.5. The number of rotatable bonds is 5. The number of methoxy groups -OCH3 is 1. The number of anilines is 2. The SMILES string of the molecule is COCC1CCN(c2cc(NN)cc([N+](=O)[O-])c2)CC1. The Kier molecular flexibility index (Phi) is 4.75. The predicted molar refractivity (Wildman–Crippen MR) is 77.7 cm³/mol. The Morgan fingerprint density at radius 2 is 2.15 bits per heavy atom. The lowest BCUT2D eigenvalue weighted by Gasteiger charge is -2.33. The molecule has 110 valence electrons. The van der Waals surface area contributed by atoms with E-state index < -0.39 is 4.92 Å². The van der Waals surface area contributed by atoms with Gasteiger partial charge in [0, 0.05) is 44.6 Å². The maximum atomic E-state index is 10.9. The van der Waals surface area contributed by atoms with Crippen LogP contribution in [0.1, 0.15) is 12.8 Å². The average molecular weight is 280 g/mol. The van der Waals surface area contributed by atoms with Crippen molar-refractivity contribution in [3.05, 3.63) is 28.3 Å². The highest BCUT2D eigenvalue weighted by Gasteiger charge is 2.21. The van der Waals surface area contributed by atoms with Crippen LogP contribution >= 0.6 is 0 Å². The van der Waals surface area contributed by atoms with Gasteiger partial charge in [0.25, 0.3) is 5.69 Å². The van der Waals surface area contributed by atoms with Crippen molar-refractivity contribution in [2.75, 3.05) is 37.1 Å². The molecule has 3 N–H and O–H groups in total. The van der Waals surface area contributed by atoms with Gasteiger partial charge in [-0.3, -0.25) is 16.0 Å². The van der Waals surface area contributed by atoms with E-state index in [4.69, 9.17) is 10.6 Å². The monoisotopic (exact) mass is 280 g/mol. The first-order valence-electron chi connectivity index (χ1n) is 6.64. The number of nitrogens with zero attached hydrogens (tertiary/aromatic N) is 2. The Balaban J connectivity index is 2.12. The molecule has 0 bridgehead atoms. The molecule has 0 aromatic heterocycles. The first kappa shape index (κ1) is 14.5. The summed E-state index contributed by atoms with van der Waals surface area (Å²) in [4.78, 5) is 12.7. The quantitative estimate of drug-likeness (QED) is 0.485. The van der Waals surface area contributed by atoms with Crippen LogP contribution in [0.2, 0.25) is 0 Å². The van der Waals surface area contributed by atoms with Crippen molar-refractivity contribution in [2.24, 2.45) is 11.8 Å². The number of hydrazine groups is 1. The molecule has 7 nitrogen and oxygen atoms in total. The number of hydrogen-bond donors (Lipinski definition) is 2. The van der Waals surface area contributed by atoms with E-state index in [0.717, 1.165) is 38.2 Å². The molecule has 20 heavy (non-hydrogen) atoms. The predicted octanol–water partition coefficient (Wildman–Crippen LogP) is 1.74. The number of nitrogen functional groups attached to an aromatic ring is 1. The second-order valence-corrected chi connectivity index (χ2v) is 5.03. The van der Waals surface area contributed by atoms with Crippen molar-refractivity contribution < 1.29 is 9.66 Å². The fourth-order valence-corrected chi connectivity index (χ4v) is 2.56. The Labute approximate surface area is 117 Å². The summed E-state index contributed by atoms with van der Waals surface area (Å²) in [6, 6.07) is 4.86. The fourth-order valence-electron chi connectivity index (χ4n) is 2.56. The fraction of sp³-hybridized carbons (Fsp3) is 0.538. The average Bonchev–Trinajstić information content (AvgIpc) is 2.47. The number of benzene rings is 1. The molecule has 1 heterocycles. The van der Waals surface area contributed by atoms with Gasteiger partial charge < -0.3 is 15.1 Å². The van der Waals surface area contributed by atoms with Crippen molar-refractivity contribution in [3.8, 4) is 0 Å². The molecule has 1 aliphatic rings. The second kappa shape index (κ2) is 6.53. The molecule has 0 unspecified atom stereocenters. The van der Waals surface area contributed by atoms with E-state index in [0.29, 0.717) is 11.6 Å². The first-order chi connectivity index (χ1) is 9.63. The molecule has 2 rings (SSSR count). The molecule has 1 aromatic carbocycles. The van der Waals surface area contributed by atoms with Crippen molar-refractivity contribution >= 4 is 17.1 Å². The summed E-state index contributed by atoms with van der Waals surface area (Å²) in [6.07, 6.45) is 2.06. The topological polar surface area (TPSA) is 93.7 Å². The van der Waals surface area contributed by atoms with Gasteiger partial charge in [-0.25, -0.2) is 0 Å².